The van der Waals surface area contributed by atoms with Crippen molar-refractivity contribution in [3.05, 3.63) is 0 Å². The van der Waals surface area contributed by atoms with Crippen molar-refractivity contribution >= 4 is 6.41 Å². The van der Waals surface area contributed by atoms with Gasteiger partial charge >= 0.3 is 6.41 Å². The van der Waals surface area contributed by atoms with Crippen LogP contribution in [0.3, 0.4) is 0 Å². The van der Waals surface area contributed by atoms with Crippen LogP contribution in [0.25, 0.3) is 0 Å². The molecule has 0 fully saturated rings. The van der Waals surface area contributed by atoms with Gasteiger partial charge in [-0.1, -0.05) is 0 Å². The van der Waals surface area contributed by atoms with Crippen LogP contribution < -0.4 is 0 Å². The number of aliphatic hydroxyl groups excluding tert-OH is 1. The van der Waals surface area contributed by atoms with Crippen LogP contribution in [0.2, 0.25) is 0 Å². The minimum Gasteiger partial charge on any atom is -0.376 e. The summed E-state index contributed by atoms with van der Waals surface area (Å²) in [7, 11) is 0. The minimum absolute atomic E-state index is 0.0394. The highest BCUT2D eigenvalue weighted by Gasteiger charge is 2.02. The second-order valence-electron chi connectivity index (χ2n) is 1.80. The van der Waals surface area contributed by atoms with Gasteiger partial charge in [-0.05, 0) is 13.8 Å². The van der Waals surface area contributed by atoms with Crippen LogP contribution in [-0.2, 0) is 4.79 Å². The van der Waals surface area contributed by atoms with Gasteiger partial charge in [0.2, 0.25) is 0 Å². The van der Waals surface area contributed by atoms with Crippen molar-refractivity contribution < 1.29 is 9.90 Å². The van der Waals surface area contributed by atoms with Crippen LogP contribution in [0.1, 0.15) is 13.8 Å². The molecule has 3 nitrogen and oxygen atoms in total. The second kappa shape index (κ2) is 3.43. The fourth-order valence-electron chi connectivity index (χ4n) is 0.298. The van der Waals surface area contributed by atoms with Crippen LogP contribution in [0.15, 0.2) is 0 Å². The zero-order valence-electron chi connectivity index (χ0n) is 5.09. The minimum atomic E-state index is -0.249. The van der Waals surface area contributed by atoms with E-state index in [1.165, 1.54) is 4.90 Å². The van der Waals surface area contributed by atoms with E-state index in [4.69, 9.17) is 5.11 Å². The molecule has 0 saturated carbocycles. The highest BCUT2D eigenvalue weighted by Crippen LogP contribution is 1.89. The van der Waals surface area contributed by atoms with Crippen molar-refractivity contribution in [2.75, 3.05) is 6.73 Å². The molecule has 1 amide bonds. The fraction of sp³-hybridized carbons (Fsp3) is 0.800. The molecule has 0 aromatic heterocycles. The third kappa shape index (κ3) is 1.93. The molecule has 3 heteroatoms. The summed E-state index contributed by atoms with van der Waals surface area (Å²) in [5.74, 6) is 0. The maximum absolute atomic E-state index is 9.82. The molecule has 0 heterocycles. The monoisotopic (exact) mass is 116 g/mol. The summed E-state index contributed by atoms with van der Waals surface area (Å²) in [6.07, 6.45) is 1.58. The number of hydrogen-bond acceptors (Lipinski definition) is 2. The first-order valence-corrected chi connectivity index (χ1v) is 2.47. The van der Waals surface area contributed by atoms with E-state index in [9.17, 15) is 4.79 Å². The van der Waals surface area contributed by atoms with Gasteiger partial charge in [0.05, 0.1) is 0 Å². The lowest BCUT2D eigenvalue weighted by Gasteiger charge is -2.15. The number of carbonyl (C=O) groups excluding carboxylic acids is 1. The van der Waals surface area contributed by atoms with E-state index in [0.717, 1.165) is 0 Å². The molecule has 8 heavy (non-hydrogen) atoms. The van der Waals surface area contributed by atoms with E-state index in [-0.39, 0.29) is 12.8 Å². The smallest absolute Gasteiger partial charge is 0.314 e. The van der Waals surface area contributed by atoms with E-state index in [1.54, 1.807) is 20.3 Å². The normalized spacial score (nSPS) is 9.50. The third-order valence-corrected chi connectivity index (χ3v) is 0.893. The average molecular weight is 116 g/mol. The molecule has 0 aliphatic rings. The molecule has 0 aliphatic carbocycles. The quantitative estimate of drug-likeness (QED) is 0.406. The first kappa shape index (κ1) is 7.43. The number of rotatable bonds is 3. The van der Waals surface area contributed by atoms with E-state index in [0.29, 0.717) is 0 Å². The van der Waals surface area contributed by atoms with Gasteiger partial charge < -0.3 is 10.0 Å². The van der Waals surface area contributed by atoms with Crippen LogP contribution in [0.4, 0.5) is 0 Å². The molecule has 0 atom stereocenters. The van der Waals surface area contributed by atoms with Gasteiger partial charge in [0, 0.05) is 6.04 Å². The summed E-state index contributed by atoms with van der Waals surface area (Å²) < 4.78 is 0. The van der Waals surface area contributed by atoms with Gasteiger partial charge in [-0.2, -0.15) is 0 Å². The Hall–Kier alpha value is -0.570. The summed E-state index contributed by atoms with van der Waals surface area (Å²) >= 11 is 0. The SMILES string of the molecule is CC(C)N([C]=O)CO. The third-order valence-electron chi connectivity index (χ3n) is 0.893. The predicted octanol–water partition coefficient (Wildman–Crippen LogP) is -0.286. The van der Waals surface area contributed by atoms with E-state index >= 15 is 0 Å². The highest BCUT2D eigenvalue weighted by atomic mass is 16.3. The zero-order chi connectivity index (χ0) is 6.57. The standard InChI is InChI=1S/C5H10NO2/c1-5(2)6(3-7)4-8/h5,7H,3H2,1-2H3. The van der Waals surface area contributed by atoms with Crippen molar-refractivity contribution in [1.82, 2.24) is 4.90 Å². The Morgan fingerprint density at radius 3 is 2.25 bits per heavy atom. The first-order chi connectivity index (χ1) is 3.72. The molecule has 0 saturated heterocycles. The average Bonchev–Trinajstić information content (AvgIpc) is 1.69. The first-order valence-electron chi connectivity index (χ1n) is 2.47. The Morgan fingerprint density at radius 2 is 2.25 bits per heavy atom. The second-order valence-corrected chi connectivity index (χ2v) is 1.80. The summed E-state index contributed by atoms with van der Waals surface area (Å²) in [6.45, 7) is 3.36. The fourth-order valence-corrected chi connectivity index (χ4v) is 0.298. The Kier molecular flexibility index (Phi) is 3.19. The lowest BCUT2D eigenvalue weighted by molar-refractivity contribution is 0.142. The molecule has 0 unspecified atom stereocenters. The van der Waals surface area contributed by atoms with Crippen molar-refractivity contribution in [3.63, 3.8) is 0 Å². The van der Waals surface area contributed by atoms with Crippen molar-refractivity contribution in [2.45, 2.75) is 19.9 Å². The molecule has 0 bridgehead atoms. The molecular weight excluding hydrogens is 106 g/mol. The van der Waals surface area contributed by atoms with E-state index < -0.39 is 0 Å². The van der Waals surface area contributed by atoms with Crippen molar-refractivity contribution in [3.8, 4) is 0 Å². The molecule has 1 radical (unpaired) electrons. The zero-order valence-corrected chi connectivity index (χ0v) is 5.09. The molecule has 47 valence electrons. The lowest BCUT2D eigenvalue weighted by Crippen LogP contribution is -2.29. The summed E-state index contributed by atoms with van der Waals surface area (Å²) in [4.78, 5) is 11.0. The Morgan fingerprint density at radius 1 is 1.75 bits per heavy atom. The lowest BCUT2D eigenvalue weighted by atomic mass is 10.4. The summed E-state index contributed by atoms with van der Waals surface area (Å²) in [6, 6.07) is 0.0394. The van der Waals surface area contributed by atoms with Gasteiger partial charge in [-0.3, -0.25) is 4.79 Å². The van der Waals surface area contributed by atoms with E-state index in [2.05, 4.69) is 0 Å². The topological polar surface area (TPSA) is 40.5 Å². The Labute approximate surface area is 48.9 Å². The van der Waals surface area contributed by atoms with Crippen LogP contribution in [0, 0.1) is 0 Å². The summed E-state index contributed by atoms with van der Waals surface area (Å²) in [5.41, 5.74) is 0. The van der Waals surface area contributed by atoms with Gasteiger partial charge in [-0.15, -0.1) is 0 Å². The molecule has 1 N–H and O–H groups in total. The maximum atomic E-state index is 9.82. The Balaban J connectivity index is 3.51. The number of amides is 1. The van der Waals surface area contributed by atoms with Gasteiger partial charge in [-0.25, -0.2) is 0 Å². The van der Waals surface area contributed by atoms with Crippen molar-refractivity contribution in [1.29, 1.82) is 0 Å². The number of aliphatic hydroxyl groups is 1. The molecular formula is C5H10NO2. The van der Waals surface area contributed by atoms with Crippen LogP contribution >= 0.6 is 0 Å². The van der Waals surface area contributed by atoms with Crippen LogP contribution in [0.5, 0.6) is 0 Å². The van der Waals surface area contributed by atoms with Crippen molar-refractivity contribution in [2.24, 2.45) is 0 Å². The van der Waals surface area contributed by atoms with E-state index in [1.807, 2.05) is 0 Å². The summed E-state index contributed by atoms with van der Waals surface area (Å²) in [5, 5.41) is 8.36. The molecule has 0 aromatic rings. The van der Waals surface area contributed by atoms with Crippen LogP contribution in [-0.4, -0.2) is 29.2 Å². The van der Waals surface area contributed by atoms with Gasteiger partial charge in [0.25, 0.3) is 0 Å². The Bertz CT molecular complexity index is 72.8. The highest BCUT2D eigenvalue weighted by molar-refractivity contribution is 5.48. The molecule has 0 aromatic carbocycles. The van der Waals surface area contributed by atoms with Gasteiger partial charge in [0.1, 0.15) is 6.73 Å². The number of nitrogens with zero attached hydrogens (tertiary/aromatic N) is 1. The molecule has 0 aliphatic heterocycles. The largest absolute Gasteiger partial charge is 0.376 e. The maximum Gasteiger partial charge on any atom is 0.314 e. The molecule has 0 spiro atoms. The molecule has 0 rings (SSSR count). The predicted molar refractivity (Wildman–Crippen MR) is 29.8 cm³/mol. The van der Waals surface area contributed by atoms with Gasteiger partial charge in [0.15, 0.2) is 0 Å². The number of hydrogen-bond donors (Lipinski definition) is 1.